The van der Waals surface area contributed by atoms with E-state index in [2.05, 4.69) is 0 Å². The molecule has 0 aliphatic carbocycles. The summed E-state index contributed by atoms with van der Waals surface area (Å²) < 4.78 is 0.618. The number of hydrogen-bond acceptors (Lipinski definition) is 4. The van der Waals surface area contributed by atoms with Crippen molar-refractivity contribution in [2.24, 2.45) is 0 Å². The van der Waals surface area contributed by atoms with Gasteiger partial charge < -0.3 is 10.2 Å². The third-order valence-electron chi connectivity index (χ3n) is 3.81. The molecular weight excluding hydrogens is 298 g/mol. The predicted octanol–water partition coefficient (Wildman–Crippen LogP) is 1.13. The Morgan fingerprint density at radius 3 is 1.61 bits per heavy atom. The Morgan fingerprint density at radius 2 is 1.26 bits per heavy atom. The van der Waals surface area contributed by atoms with Gasteiger partial charge in [0.15, 0.2) is 6.04 Å². The fourth-order valence-corrected chi connectivity index (χ4v) is 2.71. The Morgan fingerprint density at radius 1 is 0.870 bits per heavy atom. The van der Waals surface area contributed by atoms with Crippen LogP contribution in [0.3, 0.4) is 0 Å². The number of aliphatic hydroxyl groups is 1. The Kier molecular flexibility index (Phi) is 3.67. The zero-order valence-electron chi connectivity index (χ0n) is 12.0. The molecule has 0 aliphatic rings. The van der Waals surface area contributed by atoms with E-state index in [1.807, 2.05) is 0 Å². The lowest BCUT2D eigenvalue weighted by Crippen LogP contribution is -2.39. The van der Waals surface area contributed by atoms with Crippen molar-refractivity contribution in [3.63, 3.8) is 0 Å². The summed E-state index contributed by atoms with van der Waals surface area (Å²) in [6.07, 6.45) is 0. The second kappa shape index (κ2) is 5.66. The van der Waals surface area contributed by atoms with E-state index in [-0.39, 0.29) is 10.8 Å². The minimum Gasteiger partial charge on any atom is -0.480 e. The van der Waals surface area contributed by atoms with Gasteiger partial charge in [-0.3, -0.25) is 14.2 Å². The first kappa shape index (κ1) is 14.9. The molecule has 116 valence electrons. The molecule has 2 N–H and O–H groups in total. The molecule has 1 unspecified atom stereocenters. The molecule has 1 atom stereocenters. The van der Waals surface area contributed by atoms with Crippen LogP contribution in [0.1, 0.15) is 6.04 Å². The molecule has 0 aliphatic heterocycles. The molecule has 3 rings (SSSR count). The molecule has 0 spiro atoms. The van der Waals surface area contributed by atoms with E-state index >= 15 is 0 Å². The summed E-state index contributed by atoms with van der Waals surface area (Å²) in [6.45, 7) is -0.850. The molecule has 0 bridgehead atoms. The second-order valence-electron chi connectivity index (χ2n) is 5.11. The lowest BCUT2D eigenvalue weighted by molar-refractivity contribution is -0.142. The number of rotatable bonds is 3. The summed E-state index contributed by atoms with van der Waals surface area (Å²) in [4.78, 5) is 36.9. The third-order valence-corrected chi connectivity index (χ3v) is 3.81. The van der Waals surface area contributed by atoms with Gasteiger partial charge in [-0.2, -0.15) is 0 Å². The van der Waals surface area contributed by atoms with Crippen LogP contribution in [-0.4, -0.2) is 27.4 Å². The van der Waals surface area contributed by atoms with Crippen LogP contribution in [0.25, 0.3) is 21.5 Å². The maximum Gasteiger partial charge on any atom is 0.329 e. The first-order valence-electron chi connectivity index (χ1n) is 6.96. The molecule has 0 saturated heterocycles. The van der Waals surface area contributed by atoms with Gasteiger partial charge >= 0.3 is 5.97 Å². The molecule has 3 aromatic rings. The topological polar surface area (TPSA) is 96.6 Å². The fraction of sp³-hybridized carbons (Fsp3) is 0.118. The summed E-state index contributed by atoms with van der Waals surface area (Å²) in [6, 6.07) is 11.6. The minimum absolute atomic E-state index is 0.227. The fourth-order valence-electron chi connectivity index (χ4n) is 2.71. The molecule has 23 heavy (non-hydrogen) atoms. The number of carboxylic acid groups (broad SMARTS) is 1. The highest BCUT2D eigenvalue weighted by Crippen LogP contribution is 2.19. The van der Waals surface area contributed by atoms with Gasteiger partial charge in [0.25, 0.3) is 11.1 Å². The van der Waals surface area contributed by atoms with Gasteiger partial charge in [0.05, 0.1) is 6.61 Å². The molecule has 6 nitrogen and oxygen atoms in total. The molecular formula is C17H13NO5. The van der Waals surface area contributed by atoms with Crippen molar-refractivity contribution in [2.45, 2.75) is 6.04 Å². The standard InChI is InChI=1S/C17H13NO5/c19-9-14(17(22)23)18-15(20)12-7-3-1-5-10(12)11-6-2-4-8-13(11)16(18)21/h1-8,14,19H,9H2,(H,22,23). The largest absolute Gasteiger partial charge is 0.480 e. The number of aromatic nitrogens is 1. The smallest absolute Gasteiger partial charge is 0.329 e. The van der Waals surface area contributed by atoms with Crippen molar-refractivity contribution < 1.29 is 15.0 Å². The van der Waals surface area contributed by atoms with Crippen LogP contribution >= 0.6 is 0 Å². The van der Waals surface area contributed by atoms with Gasteiger partial charge in [-0.05, 0) is 22.9 Å². The van der Waals surface area contributed by atoms with Crippen molar-refractivity contribution >= 4 is 27.5 Å². The van der Waals surface area contributed by atoms with E-state index in [1.165, 1.54) is 12.1 Å². The van der Waals surface area contributed by atoms with Crippen LogP contribution in [0, 0.1) is 0 Å². The number of nitrogens with zero attached hydrogens (tertiary/aromatic N) is 1. The zero-order valence-corrected chi connectivity index (χ0v) is 12.0. The van der Waals surface area contributed by atoms with Crippen LogP contribution in [0.5, 0.6) is 0 Å². The molecule has 0 saturated carbocycles. The lowest BCUT2D eigenvalue weighted by Gasteiger charge is -2.10. The number of fused-ring (bicyclic) bond motifs is 3. The van der Waals surface area contributed by atoms with Gasteiger partial charge in [0.2, 0.25) is 0 Å². The van der Waals surface area contributed by atoms with Crippen LogP contribution in [0.15, 0.2) is 58.1 Å². The normalized spacial score (nSPS) is 12.4. The maximum absolute atomic E-state index is 12.8. The average Bonchev–Trinajstić information content (AvgIpc) is 2.65. The highest BCUT2D eigenvalue weighted by Gasteiger charge is 2.23. The number of aliphatic hydroxyl groups excluding tert-OH is 1. The van der Waals surface area contributed by atoms with E-state index in [0.29, 0.717) is 15.3 Å². The zero-order chi connectivity index (χ0) is 16.6. The van der Waals surface area contributed by atoms with Gasteiger partial charge in [0, 0.05) is 10.8 Å². The average molecular weight is 311 g/mol. The monoisotopic (exact) mass is 311 g/mol. The summed E-state index contributed by atoms with van der Waals surface area (Å²) in [5.41, 5.74) is -1.47. The maximum atomic E-state index is 12.8. The molecule has 1 heterocycles. The van der Waals surface area contributed by atoms with Crippen molar-refractivity contribution in [3.8, 4) is 0 Å². The number of benzene rings is 2. The lowest BCUT2D eigenvalue weighted by atomic mass is 10.1. The van der Waals surface area contributed by atoms with E-state index in [0.717, 1.165) is 0 Å². The number of carboxylic acids is 1. The highest BCUT2D eigenvalue weighted by atomic mass is 16.4. The number of hydrogen-bond donors (Lipinski definition) is 2. The second-order valence-corrected chi connectivity index (χ2v) is 5.11. The summed E-state index contributed by atoms with van der Waals surface area (Å²) >= 11 is 0. The highest BCUT2D eigenvalue weighted by molar-refractivity contribution is 6.05. The number of aliphatic carboxylic acids is 1. The number of carbonyl (C=O) groups is 1. The first-order valence-corrected chi connectivity index (χ1v) is 6.96. The summed E-state index contributed by atoms with van der Waals surface area (Å²) in [7, 11) is 0. The van der Waals surface area contributed by atoms with Gasteiger partial charge in [-0.15, -0.1) is 0 Å². The summed E-state index contributed by atoms with van der Waals surface area (Å²) in [5.74, 6) is -1.44. The SMILES string of the molecule is O=C(O)C(CO)n1c(=O)c2ccccc2c2ccccc2c1=O. The van der Waals surface area contributed by atoms with E-state index in [9.17, 15) is 24.6 Å². The van der Waals surface area contributed by atoms with Crippen LogP contribution in [-0.2, 0) is 4.79 Å². The van der Waals surface area contributed by atoms with Crippen LogP contribution in [0.2, 0.25) is 0 Å². The van der Waals surface area contributed by atoms with Gasteiger partial charge in [-0.25, -0.2) is 4.79 Å². The van der Waals surface area contributed by atoms with Crippen molar-refractivity contribution in [1.29, 1.82) is 0 Å². The molecule has 6 heteroatoms. The van der Waals surface area contributed by atoms with Gasteiger partial charge in [-0.1, -0.05) is 36.4 Å². The predicted molar refractivity (Wildman–Crippen MR) is 85.7 cm³/mol. The first-order chi connectivity index (χ1) is 11.1. The van der Waals surface area contributed by atoms with Crippen LogP contribution < -0.4 is 11.1 Å². The molecule has 1 aromatic heterocycles. The third kappa shape index (κ3) is 2.29. The quantitative estimate of drug-likeness (QED) is 0.756. The Labute approximate surface area is 129 Å². The van der Waals surface area contributed by atoms with E-state index in [1.54, 1.807) is 36.4 Å². The Bertz CT molecular complexity index is 966. The molecule has 2 aromatic carbocycles. The molecule has 0 radical (unpaired) electrons. The Hall–Kier alpha value is -2.99. The van der Waals surface area contributed by atoms with E-state index in [4.69, 9.17) is 0 Å². The van der Waals surface area contributed by atoms with Crippen molar-refractivity contribution in [3.05, 3.63) is 69.2 Å². The van der Waals surface area contributed by atoms with Crippen molar-refractivity contribution in [1.82, 2.24) is 4.57 Å². The van der Waals surface area contributed by atoms with Gasteiger partial charge in [0.1, 0.15) is 0 Å². The molecule has 0 amide bonds. The Balaban J connectivity index is 2.68. The minimum atomic E-state index is -1.63. The molecule has 0 fully saturated rings. The summed E-state index contributed by atoms with van der Waals surface area (Å²) in [5, 5.41) is 20.2. The van der Waals surface area contributed by atoms with Crippen molar-refractivity contribution in [2.75, 3.05) is 6.61 Å². The van der Waals surface area contributed by atoms with E-state index < -0.39 is 29.7 Å². The van der Waals surface area contributed by atoms with Crippen LogP contribution in [0.4, 0.5) is 0 Å².